The van der Waals surface area contributed by atoms with Crippen LogP contribution in [0.15, 0.2) is 36.4 Å². The van der Waals surface area contributed by atoms with Crippen molar-refractivity contribution in [2.24, 2.45) is 0 Å². The molecule has 0 amide bonds. The Labute approximate surface area is 95.3 Å². The van der Waals surface area contributed by atoms with Crippen molar-refractivity contribution in [3.63, 3.8) is 0 Å². The predicted octanol–water partition coefficient (Wildman–Crippen LogP) is 2.89. The van der Waals surface area contributed by atoms with E-state index in [-0.39, 0.29) is 11.6 Å². The van der Waals surface area contributed by atoms with Crippen LogP contribution < -0.4 is 0 Å². The third kappa shape index (κ3) is 4.51. The van der Waals surface area contributed by atoms with Crippen LogP contribution in [0.2, 0.25) is 0 Å². The summed E-state index contributed by atoms with van der Waals surface area (Å²) in [5.74, 6) is 0.0364. The van der Waals surface area contributed by atoms with Crippen LogP contribution in [0.1, 0.15) is 25.0 Å². The smallest absolute Gasteiger partial charge is 0.152 e. The first kappa shape index (κ1) is 12.1. The van der Waals surface area contributed by atoms with Gasteiger partial charge in [-0.3, -0.25) is 9.59 Å². The number of ketones is 2. The van der Waals surface area contributed by atoms with Crippen LogP contribution in [0.25, 0.3) is 12.2 Å². The lowest BCUT2D eigenvalue weighted by Gasteiger charge is -1.96. The maximum absolute atomic E-state index is 10.8. The molecule has 0 atom stereocenters. The zero-order valence-corrected chi connectivity index (χ0v) is 9.44. The Morgan fingerprint density at radius 2 is 1.38 bits per heavy atom. The number of hydrogen-bond donors (Lipinski definition) is 0. The Balaban J connectivity index is 2.87. The molecule has 0 heterocycles. The average Bonchev–Trinajstić information content (AvgIpc) is 2.24. The topological polar surface area (TPSA) is 34.1 Å². The molecule has 1 aromatic rings. The van der Waals surface area contributed by atoms with Crippen LogP contribution in [0.3, 0.4) is 0 Å². The van der Waals surface area contributed by atoms with Gasteiger partial charge < -0.3 is 0 Å². The highest BCUT2D eigenvalue weighted by atomic mass is 16.1. The third-order valence-electron chi connectivity index (χ3n) is 1.93. The molecule has 0 aliphatic heterocycles. The summed E-state index contributed by atoms with van der Waals surface area (Å²) >= 11 is 0. The zero-order valence-electron chi connectivity index (χ0n) is 9.44. The average molecular weight is 214 g/mol. The first-order valence-electron chi connectivity index (χ1n) is 5.05. The van der Waals surface area contributed by atoms with Gasteiger partial charge in [-0.15, -0.1) is 0 Å². The van der Waals surface area contributed by atoms with E-state index in [2.05, 4.69) is 0 Å². The third-order valence-corrected chi connectivity index (χ3v) is 1.93. The van der Waals surface area contributed by atoms with E-state index in [9.17, 15) is 9.59 Å². The van der Waals surface area contributed by atoms with Gasteiger partial charge in [-0.25, -0.2) is 0 Å². The molecule has 0 spiro atoms. The Morgan fingerprint density at radius 3 is 1.75 bits per heavy atom. The van der Waals surface area contributed by atoms with Crippen LogP contribution >= 0.6 is 0 Å². The van der Waals surface area contributed by atoms with Crippen molar-refractivity contribution in [3.05, 3.63) is 47.5 Å². The molecule has 2 heteroatoms. The van der Waals surface area contributed by atoms with Crippen molar-refractivity contribution in [2.75, 3.05) is 0 Å². The van der Waals surface area contributed by atoms with Crippen molar-refractivity contribution in [1.82, 2.24) is 0 Å². The maximum Gasteiger partial charge on any atom is 0.152 e. The van der Waals surface area contributed by atoms with E-state index in [1.54, 1.807) is 12.2 Å². The molecule has 0 fully saturated rings. The molecular weight excluding hydrogens is 200 g/mol. The molecule has 0 N–H and O–H groups in total. The van der Waals surface area contributed by atoms with Gasteiger partial charge in [0.15, 0.2) is 11.6 Å². The lowest BCUT2D eigenvalue weighted by molar-refractivity contribution is -0.113. The number of carbonyl (C=O) groups is 2. The number of benzene rings is 1. The Hall–Kier alpha value is -1.96. The minimum Gasteiger partial charge on any atom is -0.295 e. The van der Waals surface area contributed by atoms with E-state index in [4.69, 9.17) is 0 Å². The maximum atomic E-state index is 10.8. The summed E-state index contributed by atoms with van der Waals surface area (Å²) in [4.78, 5) is 21.5. The Morgan fingerprint density at radius 1 is 0.938 bits per heavy atom. The van der Waals surface area contributed by atoms with Crippen LogP contribution in [0.4, 0.5) is 0 Å². The van der Waals surface area contributed by atoms with Crippen molar-refractivity contribution in [1.29, 1.82) is 0 Å². The fourth-order valence-electron chi connectivity index (χ4n) is 1.19. The Kier molecular flexibility index (Phi) is 4.40. The fraction of sp³-hybridized carbons (Fsp3) is 0.143. The molecule has 82 valence electrons. The number of hydrogen-bond acceptors (Lipinski definition) is 2. The van der Waals surface area contributed by atoms with Crippen LogP contribution in [-0.4, -0.2) is 11.6 Å². The number of carbonyl (C=O) groups excluding carboxylic acids is 2. The zero-order chi connectivity index (χ0) is 12.0. The van der Waals surface area contributed by atoms with E-state index >= 15 is 0 Å². The molecule has 0 aliphatic carbocycles. The summed E-state index contributed by atoms with van der Waals surface area (Å²) in [6.45, 7) is 3.02. The predicted molar refractivity (Wildman–Crippen MR) is 65.9 cm³/mol. The number of rotatable bonds is 4. The van der Waals surface area contributed by atoms with E-state index in [0.29, 0.717) is 0 Å². The molecule has 16 heavy (non-hydrogen) atoms. The summed E-state index contributed by atoms with van der Waals surface area (Å²) in [5.41, 5.74) is 1.89. The summed E-state index contributed by atoms with van der Waals surface area (Å²) < 4.78 is 0. The first-order chi connectivity index (χ1) is 7.58. The van der Waals surface area contributed by atoms with Crippen LogP contribution in [0, 0.1) is 0 Å². The number of allylic oxidation sites excluding steroid dienone is 2. The van der Waals surface area contributed by atoms with Gasteiger partial charge in [-0.1, -0.05) is 30.4 Å². The van der Waals surface area contributed by atoms with Crippen molar-refractivity contribution >= 4 is 23.7 Å². The van der Waals surface area contributed by atoms with Crippen LogP contribution in [-0.2, 0) is 9.59 Å². The molecule has 2 nitrogen and oxygen atoms in total. The molecule has 0 radical (unpaired) electrons. The normalized spacial score (nSPS) is 11.1. The second-order valence-electron chi connectivity index (χ2n) is 3.56. The summed E-state index contributed by atoms with van der Waals surface area (Å²) in [7, 11) is 0. The van der Waals surface area contributed by atoms with Gasteiger partial charge >= 0.3 is 0 Å². The summed E-state index contributed by atoms with van der Waals surface area (Å²) in [6, 6.07) is 7.62. The first-order valence-corrected chi connectivity index (χ1v) is 5.05. The van der Waals surface area contributed by atoms with Gasteiger partial charge in [0, 0.05) is 0 Å². The lowest BCUT2D eigenvalue weighted by Crippen LogP contribution is -1.82. The molecule has 0 aliphatic rings. The van der Waals surface area contributed by atoms with Crippen molar-refractivity contribution in [3.8, 4) is 0 Å². The molecule has 0 unspecified atom stereocenters. The monoisotopic (exact) mass is 214 g/mol. The van der Waals surface area contributed by atoms with Gasteiger partial charge in [-0.2, -0.15) is 0 Å². The fourth-order valence-corrected chi connectivity index (χ4v) is 1.19. The molecule has 0 saturated heterocycles. The highest BCUT2D eigenvalue weighted by molar-refractivity contribution is 5.92. The van der Waals surface area contributed by atoms with Gasteiger partial charge in [0.05, 0.1) is 0 Å². The van der Waals surface area contributed by atoms with E-state index in [1.165, 1.54) is 26.0 Å². The van der Waals surface area contributed by atoms with E-state index in [1.807, 2.05) is 24.3 Å². The molecule has 0 bridgehead atoms. The molecular formula is C14H14O2. The second-order valence-corrected chi connectivity index (χ2v) is 3.56. The second kappa shape index (κ2) is 5.81. The Bertz CT molecular complexity index is 414. The van der Waals surface area contributed by atoms with Gasteiger partial charge in [0.2, 0.25) is 0 Å². The van der Waals surface area contributed by atoms with Gasteiger partial charge in [-0.05, 0) is 43.2 Å². The van der Waals surface area contributed by atoms with Crippen molar-refractivity contribution in [2.45, 2.75) is 13.8 Å². The van der Waals surface area contributed by atoms with Gasteiger partial charge in [0.1, 0.15) is 0 Å². The lowest BCUT2D eigenvalue weighted by atomic mass is 10.1. The van der Waals surface area contributed by atoms with Crippen LogP contribution in [0.5, 0.6) is 0 Å². The van der Waals surface area contributed by atoms with Gasteiger partial charge in [0.25, 0.3) is 0 Å². The molecule has 1 rings (SSSR count). The van der Waals surface area contributed by atoms with E-state index in [0.717, 1.165) is 11.1 Å². The summed E-state index contributed by atoms with van der Waals surface area (Å²) in [5, 5.41) is 0. The van der Waals surface area contributed by atoms with E-state index < -0.39 is 0 Å². The SMILES string of the molecule is CC(=O)/C=C/c1cccc(/C=C/C(C)=O)c1. The minimum atomic E-state index is 0.0182. The summed E-state index contributed by atoms with van der Waals surface area (Å²) in [6.07, 6.45) is 6.56. The highest BCUT2D eigenvalue weighted by Crippen LogP contribution is 2.08. The largest absolute Gasteiger partial charge is 0.295 e. The molecule has 0 aromatic heterocycles. The molecule has 0 saturated carbocycles. The quantitative estimate of drug-likeness (QED) is 0.722. The minimum absolute atomic E-state index is 0.0182. The van der Waals surface area contributed by atoms with Crippen molar-refractivity contribution < 1.29 is 9.59 Å². The standard InChI is InChI=1S/C14H14O2/c1-11(15)6-8-13-4-3-5-14(10-13)9-7-12(2)16/h3-10H,1-2H3/b8-6+,9-7+. The molecule has 1 aromatic carbocycles. The highest BCUT2D eigenvalue weighted by Gasteiger charge is 1.91.